The van der Waals surface area contributed by atoms with Gasteiger partial charge in [0.25, 0.3) is 0 Å². The quantitative estimate of drug-likeness (QED) is 0.584. The average molecular weight is 197 g/mol. The van der Waals surface area contributed by atoms with E-state index in [1.165, 1.54) is 23.0 Å². The van der Waals surface area contributed by atoms with Gasteiger partial charge in [0.2, 0.25) is 0 Å². The van der Waals surface area contributed by atoms with E-state index in [4.69, 9.17) is 0 Å². The Morgan fingerprint density at radius 2 is 2.33 bits per heavy atom. The van der Waals surface area contributed by atoms with Gasteiger partial charge in [-0.2, -0.15) is 0 Å². The molecule has 0 bridgehead atoms. The van der Waals surface area contributed by atoms with Crippen molar-refractivity contribution in [2.45, 2.75) is 23.9 Å². The van der Waals surface area contributed by atoms with Crippen molar-refractivity contribution < 1.29 is 4.39 Å². The molecule has 0 nitrogen and oxygen atoms in total. The fraction of sp³-hybridized carbons (Fsp3) is 1.00. The molecule has 1 unspecified atom stereocenters. The predicted molar refractivity (Wildman–Crippen MR) is 25.6 cm³/mol. The molecule has 0 aromatic carbocycles. The second-order valence-electron chi connectivity index (χ2n) is 1.22. The van der Waals surface area contributed by atoms with Crippen molar-refractivity contribution >= 4 is 23.0 Å². The summed E-state index contributed by atoms with van der Waals surface area (Å²) in [6.45, 7) is 1.99. The first-order valence-corrected chi connectivity index (χ1v) is 3.57. The molecule has 2 radical (unpaired) electrons. The van der Waals surface area contributed by atoms with Gasteiger partial charge in [0.1, 0.15) is 0 Å². The summed E-state index contributed by atoms with van der Waals surface area (Å²) >= 11 is 1.27. The second kappa shape index (κ2) is 3.92. The number of halogens is 1. The molecule has 0 aliphatic heterocycles. The maximum atomic E-state index is 11.7. The van der Waals surface area contributed by atoms with E-state index in [0.29, 0.717) is 0 Å². The minimum atomic E-state index is -0.552. The van der Waals surface area contributed by atoms with Crippen molar-refractivity contribution in [2.75, 3.05) is 0 Å². The van der Waals surface area contributed by atoms with Crippen LogP contribution in [0.25, 0.3) is 0 Å². The zero-order valence-corrected chi connectivity index (χ0v) is 6.37. The molecule has 36 valence electrons. The van der Waals surface area contributed by atoms with Crippen LogP contribution in [0, 0.1) is 0 Å². The third-order valence-corrected chi connectivity index (χ3v) is 1.26. The van der Waals surface area contributed by atoms with Crippen molar-refractivity contribution in [3.63, 3.8) is 0 Å². The van der Waals surface area contributed by atoms with Crippen LogP contribution in [-0.4, -0.2) is 27.1 Å². The van der Waals surface area contributed by atoms with Crippen LogP contribution in [0.1, 0.15) is 19.8 Å². The van der Waals surface area contributed by atoms with Crippen molar-refractivity contribution in [1.82, 2.24) is 0 Å². The summed E-state index contributed by atoms with van der Waals surface area (Å²) < 4.78 is 11.2. The molecule has 0 heterocycles. The molecule has 2 heteroatoms. The molecule has 0 amide bonds. The zero-order chi connectivity index (χ0) is 4.99. The van der Waals surface area contributed by atoms with E-state index in [1.54, 1.807) is 0 Å². The molecule has 0 N–H and O–H groups in total. The van der Waals surface area contributed by atoms with Crippen LogP contribution in [0.5, 0.6) is 0 Å². The number of hydrogen-bond donors (Lipinski definition) is 0. The molecule has 0 saturated heterocycles. The molecule has 6 heavy (non-hydrogen) atoms. The molecule has 0 aliphatic rings. The fourth-order valence-corrected chi connectivity index (χ4v) is 0.975. The topological polar surface area (TPSA) is 0 Å². The molecule has 0 rings (SSSR count). The summed E-state index contributed by atoms with van der Waals surface area (Å²) in [6, 6.07) is 0. The van der Waals surface area contributed by atoms with Gasteiger partial charge in [0.15, 0.2) is 0 Å². The van der Waals surface area contributed by atoms with Crippen LogP contribution in [-0.2, 0) is 0 Å². The number of hydrogen-bond acceptors (Lipinski definition) is 0. The Morgan fingerprint density at radius 3 is 2.33 bits per heavy atom. The SMILES string of the molecule is CCC[CH](F)[Sb]. The Kier molecular flexibility index (Phi) is 4.41. The summed E-state index contributed by atoms with van der Waals surface area (Å²) in [5, 5.41) is 0. The molecule has 0 aliphatic carbocycles. The zero-order valence-electron chi connectivity index (χ0n) is 3.82. The summed E-state index contributed by atoms with van der Waals surface area (Å²) in [7, 11) is 0. The van der Waals surface area contributed by atoms with E-state index in [0.717, 1.165) is 12.8 Å². The molecule has 0 aromatic rings. The van der Waals surface area contributed by atoms with Crippen LogP contribution in [0.4, 0.5) is 4.39 Å². The van der Waals surface area contributed by atoms with Crippen LogP contribution in [0.2, 0.25) is 0 Å². The van der Waals surface area contributed by atoms with Crippen molar-refractivity contribution in [3.05, 3.63) is 0 Å². The van der Waals surface area contributed by atoms with Crippen LogP contribution in [0.15, 0.2) is 0 Å². The summed E-state index contributed by atoms with van der Waals surface area (Å²) in [6.07, 6.45) is 1.70. The van der Waals surface area contributed by atoms with E-state index < -0.39 is 4.12 Å². The van der Waals surface area contributed by atoms with Gasteiger partial charge in [-0.3, -0.25) is 0 Å². The molecule has 0 aromatic heterocycles. The Bertz CT molecular complexity index is 28.7. The molecule has 0 spiro atoms. The van der Waals surface area contributed by atoms with E-state index >= 15 is 0 Å². The fourth-order valence-electron chi connectivity index (χ4n) is 0.238. The predicted octanol–water partition coefficient (Wildman–Crippen LogP) is 1.25. The van der Waals surface area contributed by atoms with E-state index in [-0.39, 0.29) is 0 Å². The van der Waals surface area contributed by atoms with Gasteiger partial charge in [-0.25, -0.2) is 0 Å². The first-order chi connectivity index (χ1) is 2.77. The normalized spacial score (nSPS) is 14.5. The van der Waals surface area contributed by atoms with Crippen LogP contribution in [0.3, 0.4) is 0 Å². The number of alkyl halides is 1. The summed E-state index contributed by atoms with van der Waals surface area (Å²) in [5.41, 5.74) is 0. The molecule has 0 saturated carbocycles. The van der Waals surface area contributed by atoms with Gasteiger partial charge in [0.05, 0.1) is 0 Å². The number of rotatable bonds is 2. The van der Waals surface area contributed by atoms with E-state index in [1.807, 2.05) is 6.92 Å². The van der Waals surface area contributed by atoms with Crippen LogP contribution < -0.4 is 0 Å². The first-order valence-electron chi connectivity index (χ1n) is 2.09. The second-order valence-corrected chi connectivity index (χ2v) is 2.82. The Morgan fingerprint density at radius 1 is 1.83 bits per heavy atom. The van der Waals surface area contributed by atoms with Gasteiger partial charge < -0.3 is 0 Å². The maximum absolute atomic E-state index is 11.7. The van der Waals surface area contributed by atoms with E-state index in [9.17, 15) is 4.39 Å². The molecular formula is C4H8FSb. The van der Waals surface area contributed by atoms with Gasteiger partial charge in [-0.05, 0) is 0 Å². The molecule has 0 fully saturated rings. The summed E-state index contributed by atoms with van der Waals surface area (Å²) in [5.74, 6) is 0. The Hall–Kier alpha value is 0.748. The standard InChI is InChI=1S/C4H8F.Sb/c1-2-3-4-5;/h4H,2-3H2,1H3;. The van der Waals surface area contributed by atoms with Crippen molar-refractivity contribution in [3.8, 4) is 0 Å². The minimum absolute atomic E-state index is 0.552. The van der Waals surface area contributed by atoms with Crippen molar-refractivity contribution in [1.29, 1.82) is 0 Å². The van der Waals surface area contributed by atoms with Gasteiger partial charge in [-0.1, -0.05) is 0 Å². The Labute approximate surface area is 51.6 Å². The molecular weight excluding hydrogens is 189 g/mol. The third-order valence-electron chi connectivity index (χ3n) is 0.527. The van der Waals surface area contributed by atoms with Crippen molar-refractivity contribution in [2.24, 2.45) is 0 Å². The monoisotopic (exact) mass is 196 g/mol. The third kappa shape index (κ3) is 4.75. The van der Waals surface area contributed by atoms with Gasteiger partial charge >= 0.3 is 51.3 Å². The molecule has 1 atom stereocenters. The summed E-state index contributed by atoms with van der Waals surface area (Å²) in [4.78, 5) is 0. The Balaban J connectivity index is 2.63. The average Bonchev–Trinajstić information content (AvgIpc) is 1.35. The van der Waals surface area contributed by atoms with Gasteiger partial charge in [0, 0.05) is 0 Å². The van der Waals surface area contributed by atoms with Crippen LogP contribution >= 0.6 is 0 Å². The van der Waals surface area contributed by atoms with Gasteiger partial charge in [-0.15, -0.1) is 0 Å². The first kappa shape index (κ1) is 6.75. The van der Waals surface area contributed by atoms with E-state index in [2.05, 4.69) is 0 Å².